The number of carbonyl (C=O) groups is 2. The van der Waals surface area contributed by atoms with Gasteiger partial charge in [0.1, 0.15) is 0 Å². The van der Waals surface area contributed by atoms with Gasteiger partial charge in [-0.3, -0.25) is 19.7 Å². The minimum atomic E-state index is -1.02. The summed E-state index contributed by atoms with van der Waals surface area (Å²) in [6.07, 6.45) is 0.218. The van der Waals surface area contributed by atoms with Crippen LogP contribution in [0.15, 0.2) is 42.5 Å². The highest BCUT2D eigenvalue weighted by Crippen LogP contribution is 2.15. The zero-order chi connectivity index (χ0) is 20.0. The Morgan fingerprint density at radius 2 is 1.70 bits per heavy atom. The number of nitro groups is 1. The van der Waals surface area contributed by atoms with E-state index < -0.39 is 16.9 Å². The smallest absolute Gasteiger partial charge is 0.305 e. The molecule has 27 heavy (non-hydrogen) atoms. The number of non-ortho nitro benzene ring substituents is 1. The lowest BCUT2D eigenvalue weighted by atomic mass is 10.0. The third-order valence-corrected chi connectivity index (χ3v) is 4.35. The standard InChI is InChI=1S/C20H22N2O5/c1-13-3-4-16(9-14(13)2)11-19(23)21-17(12-20(24)25)10-15-5-7-18(8-6-15)22(26)27/h3-9,17H,10-12H2,1-2H3,(H,21,23)(H,24,25). The average molecular weight is 370 g/mol. The molecule has 1 amide bonds. The fourth-order valence-corrected chi connectivity index (χ4v) is 2.80. The van der Waals surface area contributed by atoms with E-state index in [1.807, 2.05) is 32.0 Å². The molecule has 1 atom stereocenters. The quantitative estimate of drug-likeness (QED) is 0.548. The van der Waals surface area contributed by atoms with E-state index in [1.165, 1.54) is 12.1 Å². The normalized spacial score (nSPS) is 11.6. The van der Waals surface area contributed by atoms with Crippen molar-refractivity contribution in [2.75, 3.05) is 0 Å². The van der Waals surface area contributed by atoms with Gasteiger partial charge in [-0.2, -0.15) is 0 Å². The van der Waals surface area contributed by atoms with Gasteiger partial charge in [0.15, 0.2) is 0 Å². The van der Waals surface area contributed by atoms with Crippen LogP contribution in [-0.2, 0) is 22.4 Å². The van der Waals surface area contributed by atoms with E-state index in [1.54, 1.807) is 12.1 Å². The molecule has 2 aromatic rings. The molecule has 0 aliphatic heterocycles. The molecule has 0 heterocycles. The first-order valence-corrected chi connectivity index (χ1v) is 8.55. The Morgan fingerprint density at radius 1 is 1.07 bits per heavy atom. The van der Waals surface area contributed by atoms with E-state index in [4.69, 9.17) is 5.11 Å². The summed E-state index contributed by atoms with van der Waals surface area (Å²) in [6.45, 7) is 3.96. The molecule has 2 aromatic carbocycles. The molecule has 2 N–H and O–H groups in total. The fraction of sp³-hybridized carbons (Fsp3) is 0.300. The predicted molar refractivity (Wildman–Crippen MR) is 101 cm³/mol. The number of carboxylic acid groups (broad SMARTS) is 1. The van der Waals surface area contributed by atoms with Crippen molar-refractivity contribution in [2.45, 2.75) is 39.2 Å². The fourth-order valence-electron chi connectivity index (χ4n) is 2.80. The van der Waals surface area contributed by atoms with Crippen molar-refractivity contribution in [3.05, 3.63) is 74.8 Å². The molecule has 0 aromatic heterocycles. The number of carboxylic acids is 1. The number of nitrogens with one attached hydrogen (secondary N) is 1. The average Bonchev–Trinajstić information content (AvgIpc) is 2.58. The van der Waals surface area contributed by atoms with Crippen LogP contribution in [0.5, 0.6) is 0 Å². The SMILES string of the molecule is Cc1ccc(CC(=O)NC(CC(=O)O)Cc2ccc([N+](=O)[O-])cc2)cc1C. The Morgan fingerprint density at radius 3 is 2.26 bits per heavy atom. The Labute approximate surface area is 157 Å². The first-order chi connectivity index (χ1) is 12.7. The highest BCUT2D eigenvalue weighted by Gasteiger charge is 2.17. The van der Waals surface area contributed by atoms with Crippen molar-refractivity contribution in [1.82, 2.24) is 5.32 Å². The number of hydrogen-bond acceptors (Lipinski definition) is 4. The number of nitro benzene ring substituents is 1. The minimum absolute atomic E-state index is 0.0349. The lowest BCUT2D eigenvalue weighted by molar-refractivity contribution is -0.384. The highest BCUT2D eigenvalue weighted by atomic mass is 16.6. The molecule has 1 unspecified atom stereocenters. The molecular formula is C20H22N2O5. The summed E-state index contributed by atoms with van der Waals surface area (Å²) in [5, 5.41) is 22.6. The number of nitrogens with zero attached hydrogens (tertiary/aromatic N) is 1. The van der Waals surface area contributed by atoms with Crippen LogP contribution in [0.4, 0.5) is 5.69 Å². The van der Waals surface area contributed by atoms with Crippen LogP contribution < -0.4 is 5.32 Å². The largest absolute Gasteiger partial charge is 0.481 e. The van der Waals surface area contributed by atoms with Crippen LogP contribution in [0.25, 0.3) is 0 Å². The van der Waals surface area contributed by atoms with Gasteiger partial charge in [0.25, 0.3) is 5.69 Å². The van der Waals surface area contributed by atoms with Gasteiger partial charge in [-0.15, -0.1) is 0 Å². The summed E-state index contributed by atoms with van der Waals surface area (Å²) in [4.78, 5) is 33.7. The van der Waals surface area contributed by atoms with Gasteiger partial charge < -0.3 is 10.4 Å². The van der Waals surface area contributed by atoms with Crippen LogP contribution in [0.2, 0.25) is 0 Å². The maximum absolute atomic E-state index is 12.3. The zero-order valence-electron chi connectivity index (χ0n) is 15.3. The van der Waals surface area contributed by atoms with Crippen LogP contribution in [0, 0.1) is 24.0 Å². The van der Waals surface area contributed by atoms with Gasteiger partial charge in [0.05, 0.1) is 17.8 Å². The molecule has 0 aliphatic rings. The van der Waals surface area contributed by atoms with Gasteiger partial charge in [0, 0.05) is 18.2 Å². The third-order valence-electron chi connectivity index (χ3n) is 4.35. The van der Waals surface area contributed by atoms with Gasteiger partial charge in [-0.25, -0.2) is 0 Å². The Kier molecular flexibility index (Phi) is 6.65. The van der Waals surface area contributed by atoms with Crippen molar-refractivity contribution in [1.29, 1.82) is 0 Å². The molecule has 7 nitrogen and oxygen atoms in total. The van der Waals surface area contributed by atoms with E-state index in [2.05, 4.69) is 5.32 Å². The number of rotatable bonds is 8. The molecule has 0 fully saturated rings. The van der Waals surface area contributed by atoms with E-state index in [0.29, 0.717) is 0 Å². The van der Waals surface area contributed by atoms with Crippen molar-refractivity contribution in [3.63, 3.8) is 0 Å². The second-order valence-electron chi connectivity index (χ2n) is 6.59. The lowest BCUT2D eigenvalue weighted by Gasteiger charge is -2.17. The van der Waals surface area contributed by atoms with E-state index >= 15 is 0 Å². The molecule has 0 saturated heterocycles. The topological polar surface area (TPSA) is 110 Å². The summed E-state index contributed by atoms with van der Waals surface area (Å²) in [6, 6.07) is 11.0. The minimum Gasteiger partial charge on any atom is -0.481 e. The second-order valence-corrected chi connectivity index (χ2v) is 6.59. The predicted octanol–water partition coefficient (Wildman–Crippen LogP) is 2.96. The Balaban J connectivity index is 2.04. The monoisotopic (exact) mass is 370 g/mol. The Hall–Kier alpha value is -3.22. The van der Waals surface area contributed by atoms with Crippen molar-refractivity contribution in [3.8, 4) is 0 Å². The molecule has 0 radical (unpaired) electrons. The number of benzene rings is 2. The third kappa shape index (κ3) is 6.22. The first-order valence-electron chi connectivity index (χ1n) is 8.55. The zero-order valence-corrected chi connectivity index (χ0v) is 15.3. The summed E-state index contributed by atoms with van der Waals surface area (Å²) in [5.41, 5.74) is 3.78. The molecule has 0 bridgehead atoms. The molecule has 0 spiro atoms. The second kappa shape index (κ2) is 8.93. The van der Waals surface area contributed by atoms with Crippen molar-refractivity contribution < 1.29 is 19.6 Å². The number of aryl methyl sites for hydroxylation is 2. The highest BCUT2D eigenvalue weighted by molar-refractivity contribution is 5.79. The van der Waals surface area contributed by atoms with E-state index in [0.717, 1.165) is 22.3 Å². The van der Waals surface area contributed by atoms with Crippen LogP contribution in [-0.4, -0.2) is 27.9 Å². The number of carbonyl (C=O) groups excluding carboxylic acids is 1. The molecule has 7 heteroatoms. The van der Waals surface area contributed by atoms with Gasteiger partial charge in [-0.1, -0.05) is 30.3 Å². The van der Waals surface area contributed by atoms with E-state index in [9.17, 15) is 19.7 Å². The van der Waals surface area contributed by atoms with E-state index in [-0.39, 0.29) is 30.9 Å². The number of aliphatic carboxylic acids is 1. The molecule has 0 aliphatic carbocycles. The maximum atomic E-state index is 12.3. The summed E-state index contributed by atoms with van der Waals surface area (Å²) < 4.78 is 0. The summed E-state index contributed by atoms with van der Waals surface area (Å²) >= 11 is 0. The first kappa shape index (κ1) is 20.1. The molecule has 2 rings (SSSR count). The lowest BCUT2D eigenvalue weighted by Crippen LogP contribution is -2.39. The summed E-state index contributed by atoms with van der Waals surface area (Å²) in [5.74, 6) is -1.28. The van der Waals surface area contributed by atoms with Crippen molar-refractivity contribution in [2.24, 2.45) is 0 Å². The van der Waals surface area contributed by atoms with Gasteiger partial charge >= 0.3 is 5.97 Å². The van der Waals surface area contributed by atoms with Crippen LogP contribution in [0.3, 0.4) is 0 Å². The Bertz CT molecular complexity index is 846. The number of amides is 1. The van der Waals surface area contributed by atoms with Crippen LogP contribution >= 0.6 is 0 Å². The maximum Gasteiger partial charge on any atom is 0.305 e. The van der Waals surface area contributed by atoms with Gasteiger partial charge in [-0.05, 0) is 42.5 Å². The molecule has 142 valence electrons. The van der Waals surface area contributed by atoms with Crippen molar-refractivity contribution >= 4 is 17.6 Å². The summed E-state index contributed by atoms with van der Waals surface area (Å²) in [7, 11) is 0. The van der Waals surface area contributed by atoms with Gasteiger partial charge in [0.2, 0.25) is 5.91 Å². The molecule has 0 saturated carbocycles. The number of hydrogen-bond donors (Lipinski definition) is 2. The van der Waals surface area contributed by atoms with Crippen LogP contribution in [0.1, 0.15) is 28.7 Å². The molecular weight excluding hydrogens is 348 g/mol.